The summed E-state index contributed by atoms with van der Waals surface area (Å²) in [6.45, 7) is 2.04. The van der Waals surface area contributed by atoms with Gasteiger partial charge >= 0.3 is 0 Å². The van der Waals surface area contributed by atoms with Crippen LogP contribution in [0.1, 0.15) is 5.56 Å². The molecule has 2 aromatic carbocycles. The van der Waals surface area contributed by atoms with E-state index >= 15 is 0 Å². The number of hydrogen-bond donors (Lipinski definition) is 0. The van der Waals surface area contributed by atoms with E-state index in [1.807, 2.05) is 37.3 Å². The van der Waals surface area contributed by atoms with E-state index in [-0.39, 0.29) is 5.43 Å². The van der Waals surface area contributed by atoms with E-state index in [0.29, 0.717) is 0 Å². The maximum absolute atomic E-state index is 12.3. The molecule has 0 aliphatic heterocycles. The quantitative estimate of drug-likeness (QED) is 0.559. The van der Waals surface area contributed by atoms with Gasteiger partial charge in [-0.05, 0) is 42.8 Å². The molecule has 0 radical (unpaired) electrons. The van der Waals surface area contributed by atoms with Crippen LogP contribution in [0.4, 0.5) is 0 Å². The molecule has 0 saturated carbocycles. The van der Waals surface area contributed by atoms with Gasteiger partial charge in [-0.2, -0.15) is 0 Å². The van der Waals surface area contributed by atoms with Gasteiger partial charge in [-0.1, -0.05) is 22.0 Å². The van der Waals surface area contributed by atoms with Gasteiger partial charge in [0.2, 0.25) is 0 Å². The van der Waals surface area contributed by atoms with Crippen molar-refractivity contribution >= 4 is 47.4 Å². The summed E-state index contributed by atoms with van der Waals surface area (Å²) in [5, 5.41) is 1.62. The van der Waals surface area contributed by atoms with Gasteiger partial charge < -0.3 is 0 Å². The number of halogens is 1. The fraction of sp³-hybridized carbons (Fsp3) is 0.0714. The molecule has 3 aromatic rings. The zero-order chi connectivity index (χ0) is 12.0. The Morgan fingerprint density at radius 1 is 1.00 bits per heavy atom. The lowest BCUT2D eigenvalue weighted by atomic mass is 10.1. The van der Waals surface area contributed by atoms with Crippen LogP contribution < -0.4 is 5.43 Å². The highest BCUT2D eigenvalue weighted by Gasteiger charge is 2.06. The lowest BCUT2D eigenvalue weighted by Crippen LogP contribution is -2.00. The van der Waals surface area contributed by atoms with Crippen molar-refractivity contribution in [2.75, 3.05) is 0 Å². The third-order valence-corrected chi connectivity index (χ3v) is 4.40. The van der Waals surface area contributed by atoms with Crippen molar-refractivity contribution < 1.29 is 0 Å². The summed E-state index contributed by atoms with van der Waals surface area (Å²) in [5.41, 5.74) is 1.31. The smallest absolute Gasteiger partial charge is 0.195 e. The lowest BCUT2D eigenvalue weighted by molar-refractivity contribution is 1.51. The Hall–Kier alpha value is -1.19. The number of rotatable bonds is 0. The fourth-order valence-corrected chi connectivity index (χ4v) is 3.65. The van der Waals surface area contributed by atoms with Crippen LogP contribution in [0.2, 0.25) is 0 Å². The molecule has 3 heteroatoms. The van der Waals surface area contributed by atoms with Gasteiger partial charge in [-0.3, -0.25) is 4.79 Å². The second-order valence-corrected chi connectivity index (χ2v) is 6.07. The summed E-state index contributed by atoms with van der Waals surface area (Å²) in [5.74, 6) is 0. The summed E-state index contributed by atoms with van der Waals surface area (Å²) >= 11 is 5.10. The minimum atomic E-state index is 0.126. The van der Waals surface area contributed by atoms with Crippen LogP contribution in [-0.2, 0) is 0 Å². The molecule has 0 amide bonds. The lowest BCUT2D eigenvalue weighted by Gasteiger charge is -2.02. The Balaban J connectivity index is 2.57. The van der Waals surface area contributed by atoms with E-state index < -0.39 is 0 Å². The van der Waals surface area contributed by atoms with Gasteiger partial charge in [0.1, 0.15) is 0 Å². The second kappa shape index (κ2) is 3.93. The van der Waals surface area contributed by atoms with E-state index in [4.69, 9.17) is 0 Å². The van der Waals surface area contributed by atoms with Gasteiger partial charge in [0.25, 0.3) is 0 Å². The Morgan fingerprint density at radius 2 is 1.65 bits per heavy atom. The minimum Gasteiger partial charge on any atom is -0.289 e. The number of aryl methyl sites for hydroxylation is 1. The summed E-state index contributed by atoms with van der Waals surface area (Å²) < 4.78 is 3.09. The van der Waals surface area contributed by atoms with Crippen LogP contribution in [0, 0.1) is 6.92 Å². The van der Waals surface area contributed by atoms with Crippen molar-refractivity contribution in [1.29, 1.82) is 0 Å². The molecule has 1 heterocycles. The molecule has 0 spiro atoms. The molecular weight excluding hydrogens is 296 g/mol. The zero-order valence-electron chi connectivity index (χ0n) is 9.16. The van der Waals surface area contributed by atoms with Gasteiger partial charge in [0, 0.05) is 24.6 Å². The molecule has 17 heavy (non-hydrogen) atoms. The minimum absolute atomic E-state index is 0.126. The van der Waals surface area contributed by atoms with Crippen LogP contribution >= 0.6 is 27.3 Å². The predicted molar refractivity (Wildman–Crippen MR) is 78.0 cm³/mol. The summed E-state index contributed by atoms with van der Waals surface area (Å²) in [6, 6.07) is 11.8. The molecule has 1 aromatic heterocycles. The average Bonchev–Trinajstić information content (AvgIpc) is 2.28. The first-order valence-electron chi connectivity index (χ1n) is 5.28. The molecule has 84 valence electrons. The molecule has 0 fully saturated rings. The molecule has 3 rings (SSSR count). The van der Waals surface area contributed by atoms with Crippen molar-refractivity contribution in [1.82, 2.24) is 0 Å². The summed E-state index contributed by atoms with van der Waals surface area (Å²) in [6.07, 6.45) is 0. The van der Waals surface area contributed by atoms with Crippen molar-refractivity contribution in [3.8, 4) is 0 Å². The van der Waals surface area contributed by atoms with E-state index in [9.17, 15) is 4.79 Å². The van der Waals surface area contributed by atoms with Crippen molar-refractivity contribution in [2.45, 2.75) is 6.92 Å². The topological polar surface area (TPSA) is 17.1 Å². The molecule has 0 atom stereocenters. The van der Waals surface area contributed by atoms with Crippen LogP contribution in [-0.4, -0.2) is 0 Å². The van der Waals surface area contributed by atoms with E-state index in [0.717, 1.165) is 24.6 Å². The van der Waals surface area contributed by atoms with Gasteiger partial charge in [-0.15, -0.1) is 11.3 Å². The molecule has 1 nitrogen and oxygen atoms in total. The fourth-order valence-electron chi connectivity index (χ4n) is 1.93. The number of benzene rings is 2. The van der Waals surface area contributed by atoms with Gasteiger partial charge in [0.05, 0.1) is 0 Å². The van der Waals surface area contributed by atoms with Crippen LogP contribution in [0.3, 0.4) is 0 Å². The first kappa shape index (κ1) is 10.9. The van der Waals surface area contributed by atoms with E-state index in [1.54, 1.807) is 11.3 Å². The highest BCUT2D eigenvalue weighted by Crippen LogP contribution is 2.27. The van der Waals surface area contributed by atoms with Crippen molar-refractivity contribution in [3.63, 3.8) is 0 Å². The Morgan fingerprint density at radius 3 is 2.41 bits per heavy atom. The monoisotopic (exact) mass is 304 g/mol. The SMILES string of the molecule is Cc1ccc2c(=O)c3ccc(Br)cc3sc2c1. The second-order valence-electron chi connectivity index (χ2n) is 4.07. The average molecular weight is 305 g/mol. The van der Waals surface area contributed by atoms with E-state index in [2.05, 4.69) is 22.0 Å². The van der Waals surface area contributed by atoms with Crippen LogP contribution in [0.25, 0.3) is 20.2 Å². The predicted octanol–water partition coefficient (Wildman–Crippen LogP) is 4.49. The van der Waals surface area contributed by atoms with Crippen LogP contribution in [0.15, 0.2) is 45.7 Å². The molecule has 0 N–H and O–H groups in total. The number of fused-ring (bicyclic) bond motifs is 2. The zero-order valence-corrected chi connectivity index (χ0v) is 11.6. The number of hydrogen-bond acceptors (Lipinski definition) is 2. The first-order chi connectivity index (χ1) is 8.15. The highest BCUT2D eigenvalue weighted by molar-refractivity contribution is 9.10. The third kappa shape index (κ3) is 1.79. The Labute approximate surface area is 111 Å². The molecule has 0 aliphatic rings. The largest absolute Gasteiger partial charge is 0.289 e. The Kier molecular flexibility index (Phi) is 2.53. The first-order valence-corrected chi connectivity index (χ1v) is 6.89. The standard InChI is InChI=1S/C14H9BrOS/c1-8-2-4-10-12(6-8)17-13-7-9(15)3-5-11(13)14(10)16/h2-7H,1H3. The van der Waals surface area contributed by atoms with Crippen LogP contribution in [0.5, 0.6) is 0 Å². The summed E-state index contributed by atoms with van der Waals surface area (Å²) in [7, 11) is 0. The van der Waals surface area contributed by atoms with Crippen molar-refractivity contribution in [3.05, 3.63) is 56.7 Å². The molecular formula is C14H9BrOS. The highest BCUT2D eigenvalue weighted by atomic mass is 79.9. The maximum atomic E-state index is 12.3. The molecule has 0 bridgehead atoms. The molecule has 0 saturated heterocycles. The molecule has 0 aliphatic carbocycles. The summed E-state index contributed by atoms with van der Waals surface area (Å²) in [4.78, 5) is 12.3. The Bertz CT molecular complexity index is 726. The van der Waals surface area contributed by atoms with Gasteiger partial charge in [-0.25, -0.2) is 0 Å². The van der Waals surface area contributed by atoms with Crippen molar-refractivity contribution in [2.24, 2.45) is 0 Å². The van der Waals surface area contributed by atoms with Gasteiger partial charge in [0.15, 0.2) is 5.43 Å². The third-order valence-electron chi connectivity index (χ3n) is 2.79. The normalized spacial score (nSPS) is 11.2. The molecule has 0 unspecified atom stereocenters. The maximum Gasteiger partial charge on any atom is 0.195 e. The van der Waals surface area contributed by atoms with E-state index in [1.165, 1.54) is 5.56 Å².